The van der Waals surface area contributed by atoms with Gasteiger partial charge in [0, 0.05) is 18.0 Å². The van der Waals surface area contributed by atoms with Crippen molar-refractivity contribution in [2.45, 2.75) is 26.3 Å². The van der Waals surface area contributed by atoms with Gasteiger partial charge in [0.25, 0.3) is 5.91 Å². The molecule has 0 spiro atoms. The molecule has 3 aromatic rings. The molecule has 5 nitrogen and oxygen atoms in total. The Labute approximate surface area is 165 Å². The van der Waals surface area contributed by atoms with Crippen molar-refractivity contribution in [3.8, 4) is 0 Å². The van der Waals surface area contributed by atoms with Gasteiger partial charge >= 0.3 is 5.63 Å². The molecule has 2 aromatic carbocycles. The molecule has 1 N–H and O–H groups in total. The molecular formula is C23H26N2O3. The lowest BCUT2D eigenvalue weighted by Gasteiger charge is -2.30. The summed E-state index contributed by atoms with van der Waals surface area (Å²) in [7, 11) is 0. The molecular weight excluding hydrogens is 352 g/mol. The second-order valence-corrected chi connectivity index (χ2v) is 6.76. The topological polar surface area (TPSA) is 62.6 Å². The first-order chi connectivity index (χ1) is 13.6. The van der Waals surface area contributed by atoms with Crippen LogP contribution in [0.3, 0.4) is 0 Å². The van der Waals surface area contributed by atoms with Crippen LogP contribution in [0.5, 0.6) is 0 Å². The van der Waals surface area contributed by atoms with Crippen LogP contribution in [-0.4, -0.2) is 36.5 Å². The van der Waals surface area contributed by atoms with Crippen LogP contribution in [0.15, 0.2) is 69.9 Å². The Morgan fingerprint density at radius 2 is 1.71 bits per heavy atom. The van der Waals surface area contributed by atoms with E-state index >= 15 is 0 Å². The van der Waals surface area contributed by atoms with Gasteiger partial charge in [-0.3, -0.25) is 9.69 Å². The second kappa shape index (κ2) is 9.33. The molecule has 1 atom stereocenters. The number of rotatable bonds is 8. The van der Waals surface area contributed by atoms with Gasteiger partial charge in [0.2, 0.25) is 0 Å². The molecule has 1 amide bonds. The first-order valence-electron chi connectivity index (χ1n) is 9.71. The quantitative estimate of drug-likeness (QED) is 0.610. The third-order valence-electron chi connectivity index (χ3n) is 5.03. The highest BCUT2D eigenvalue weighted by atomic mass is 16.4. The van der Waals surface area contributed by atoms with E-state index in [1.54, 1.807) is 18.2 Å². The summed E-state index contributed by atoms with van der Waals surface area (Å²) < 4.78 is 5.28. The molecule has 5 heteroatoms. The van der Waals surface area contributed by atoms with Gasteiger partial charge in [-0.15, -0.1) is 0 Å². The van der Waals surface area contributed by atoms with Crippen molar-refractivity contribution in [1.82, 2.24) is 10.2 Å². The number of carbonyl (C=O) groups excluding carboxylic acids is 1. The minimum Gasteiger partial charge on any atom is -0.422 e. The van der Waals surface area contributed by atoms with Crippen LogP contribution >= 0.6 is 0 Å². The van der Waals surface area contributed by atoms with Crippen LogP contribution in [0.2, 0.25) is 0 Å². The average Bonchev–Trinajstić information content (AvgIpc) is 2.72. The maximum atomic E-state index is 12.7. The first-order valence-corrected chi connectivity index (χ1v) is 9.71. The van der Waals surface area contributed by atoms with Gasteiger partial charge in [-0.25, -0.2) is 4.79 Å². The molecule has 0 saturated carbocycles. The molecule has 0 saturated heterocycles. The molecule has 3 rings (SSSR count). The van der Waals surface area contributed by atoms with E-state index in [1.165, 1.54) is 5.56 Å². The van der Waals surface area contributed by atoms with E-state index in [4.69, 9.17) is 4.42 Å². The van der Waals surface area contributed by atoms with Gasteiger partial charge in [0.1, 0.15) is 11.1 Å². The highest BCUT2D eigenvalue weighted by molar-refractivity contribution is 5.96. The van der Waals surface area contributed by atoms with Crippen molar-refractivity contribution in [2.75, 3.05) is 19.6 Å². The van der Waals surface area contributed by atoms with E-state index in [1.807, 2.05) is 30.3 Å². The molecule has 146 valence electrons. The summed E-state index contributed by atoms with van der Waals surface area (Å²) in [6.45, 7) is 6.47. The van der Waals surface area contributed by atoms with E-state index in [9.17, 15) is 9.59 Å². The van der Waals surface area contributed by atoms with E-state index < -0.39 is 11.5 Å². The summed E-state index contributed by atoms with van der Waals surface area (Å²) in [4.78, 5) is 27.2. The number of nitrogens with zero attached hydrogens (tertiary/aromatic N) is 1. The van der Waals surface area contributed by atoms with Crippen LogP contribution in [0.4, 0.5) is 0 Å². The highest BCUT2D eigenvalue weighted by Crippen LogP contribution is 2.13. The lowest BCUT2D eigenvalue weighted by Crippen LogP contribution is -2.45. The van der Waals surface area contributed by atoms with Crippen LogP contribution in [-0.2, 0) is 6.42 Å². The predicted octanol–water partition coefficient (Wildman–Crippen LogP) is 3.48. The molecule has 0 aliphatic rings. The number of hydrogen-bond acceptors (Lipinski definition) is 4. The number of nitrogens with one attached hydrogen (secondary N) is 1. The number of likely N-dealkylation sites (N-methyl/N-ethyl adjacent to an activating group) is 1. The van der Waals surface area contributed by atoms with Crippen LogP contribution < -0.4 is 10.9 Å². The Balaban J connectivity index is 1.76. The standard InChI is InChI=1S/C23H26N2O3/c1-3-25(4-2)19(14-17-10-6-5-7-11-17)16-24-22(26)20-15-18-12-8-9-13-21(18)28-23(20)27/h5-13,15,19H,3-4,14,16H2,1-2H3,(H,24,26). The minimum absolute atomic E-state index is 0.0386. The Kier molecular flexibility index (Phi) is 6.61. The van der Waals surface area contributed by atoms with Gasteiger partial charge in [-0.1, -0.05) is 62.4 Å². The third-order valence-corrected chi connectivity index (χ3v) is 5.03. The molecule has 0 aliphatic carbocycles. The van der Waals surface area contributed by atoms with Crippen molar-refractivity contribution in [2.24, 2.45) is 0 Å². The van der Waals surface area contributed by atoms with Crippen molar-refractivity contribution >= 4 is 16.9 Å². The van der Waals surface area contributed by atoms with Gasteiger partial charge < -0.3 is 9.73 Å². The summed E-state index contributed by atoms with van der Waals surface area (Å²) >= 11 is 0. The fraction of sp³-hybridized carbons (Fsp3) is 0.304. The van der Waals surface area contributed by atoms with Crippen LogP contribution in [0, 0.1) is 0 Å². The molecule has 0 aliphatic heterocycles. The van der Waals surface area contributed by atoms with E-state index in [0.717, 1.165) is 24.9 Å². The van der Waals surface area contributed by atoms with Gasteiger partial charge in [-0.2, -0.15) is 0 Å². The molecule has 1 heterocycles. The zero-order chi connectivity index (χ0) is 19.9. The number of carbonyl (C=O) groups is 1. The van der Waals surface area contributed by atoms with Crippen LogP contribution in [0.25, 0.3) is 11.0 Å². The lowest BCUT2D eigenvalue weighted by molar-refractivity contribution is 0.0931. The normalized spacial score (nSPS) is 12.2. The summed E-state index contributed by atoms with van der Waals surface area (Å²) in [5.74, 6) is -0.398. The predicted molar refractivity (Wildman–Crippen MR) is 112 cm³/mol. The van der Waals surface area contributed by atoms with Crippen molar-refractivity contribution in [3.05, 3.63) is 82.2 Å². The molecule has 1 unspecified atom stereocenters. The SMILES string of the molecule is CCN(CC)C(CNC(=O)c1cc2ccccc2oc1=O)Cc1ccccc1. The maximum absolute atomic E-state index is 12.7. The molecule has 0 bridgehead atoms. The fourth-order valence-electron chi connectivity index (χ4n) is 3.48. The Morgan fingerprint density at radius 3 is 2.43 bits per heavy atom. The summed E-state index contributed by atoms with van der Waals surface area (Å²) in [5.41, 5.74) is 1.13. The Hall–Kier alpha value is -2.92. The molecule has 0 fully saturated rings. The van der Waals surface area contributed by atoms with Gasteiger partial charge in [0.05, 0.1) is 0 Å². The Bertz CT molecular complexity index is 978. The summed E-state index contributed by atoms with van der Waals surface area (Å²) in [6.07, 6.45) is 0.828. The second-order valence-electron chi connectivity index (χ2n) is 6.76. The largest absolute Gasteiger partial charge is 0.422 e. The van der Waals surface area contributed by atoms with Gasteiger partial charge in [-0.05, 0) is 37.2 Å². The van der Waals surface area contributed by atoms with Crippen molar-refractivity contribution < 1.29 is 9.21 Å². The average molecular weight is 378 g/mol. The smallest absolute Gasteiger partial charge is 0.349 e. The highest BCUT2D eigenvalue weighted by Gasteiger charge is 2.19. The number of hydrogen-bond donors (Lipinski definition) is 1. The number of fused-ring (bicyclic) bond motifs is 1. The van der Waals surface area contributed by atoms with Gasteiger partial charge in [0.15, 0.2) is 0 Å². The molecule has 28 heavy (non-hydrogen) atoms. The van der Waals surface area contributed by atoms with E-state index in [2.05, 4.69) is 36.2 Å². The van der Waals surface area contributed by atoms with E-state index in [0.29, 0.717) is 12.1 Å². The minimum atomic E-state index is -0.612. The zero-order valence-electron chi connectivity index (χ0n) is 16.4. The molecule has 1 aromatic heterocycles. The van der Waals surface area contributed by atoms with E-state index in [-0.39, 0.29) is 11.6 Å². The first kappa shape index (κ1) is 19.8. The number of benzene rings is 2. The summed E-state index contributed by atoms with van der Waals surface area (Å²) in [5, 5.41) is 3.67. The monoisotopic (exact) mass is 378 g/mol. The maximum Gasteiger partial charge on any atom is 0.349 e. The third kappa shape index (κ3) is 4.67. The van der Waals surface area contributed by atoms with Crippen molar-refractivity contribution in [1.29, 1.82) is 0 Å². The number of amides is 1. The van der Waals surface area contributed by atoms with Crippen LogP contribution in [0.1, 0.15) is 29.8 Å². The Morgan fingerprint density at radius 1 is 1.04 bits per heavy atom. The fourth-order valence-corrected chi connectivity index (χ4v) is 3.48. The molecule has 0 radical (unpaired) electrons. The lowest BCUT2D eigenvalue weighted by atomic mass is 10.0. The summed E-state index contributed by atoms with van der Waals surface area (Å²) in [6, 6.07) is 19.2. The number of para-hydroxylation sites is 1. The van der Waals surface area contributed by atoms with Crippen molar-refractivity contribution in [3.63, 3.8) is 0 Å². The zero-order valence-corrected chi connectivity index (χ0v) is 16.4.